The van der Waals surface area contributed by atoms with Gasteiger partial charge in [-0.25, -0.2) is 0 Å². The van der Waals surface area contributed by atoms with E-state index in [1.54, 1.807) is 0 Å². The van der Waals surface area contributed by atoms with Gasteiger partial charge in [-0.2, -0.15) is 0 Å². The van der Waals surface area contributed by atoms with E-state index in [0.29, 0.717) is 18.1 Å². The summed E-state index contributed by atoms with van der Waals surface area (Å²) < 4.78 is 5.84. The molecule has 94 valence electrons. The van der Waals surface area contributed by atoms with Crippen molar-refractivity contribution in [2.45, 2.75) is 38.8 Å². The van der Waals surface area contributed by atoms with E-state index in [-0.39, 0.29) is 0 Å². The number of hydrogen-bond donors (Lipinski definition) is 1. The summed E-state index contributed by atoms with van der Waals surface area (Å²) in [6, 6.07) is 4.47. The Morgan fingerprint density at radius 2 is 2.41 bits per heavy atom. The Hall–Kier alpha value is -0.930. The highest BCUT2D eigenvalue weighted by Gasteiger charge is 2.31. The van der Waals surface area contributed by atoms with Crippen molar-refractivity contribution in [2.24, 2.45) is 5.92 Å². The smallest absolute Gasteiger partial charge is 0.0758 e. The summed E-state index contributed by atoms with van der Waals surface area (Å²) in [6.45, 7) is 5.28. The molecule has 3 nitrogen and oxygen atoms in total. The summed E-state index contributed by atoms with van der Waals surface area (Å²) in [7, 11) is 2.01. The Kier molecular flexibility index (Phi) is 4.13. The highest BCUT2D eigenvalue weighted by Crippen LogP contribution is 2.24. The number of nitrogens with one attached hydrogen (secondary N) is 1. The normalized spacial score (nSPS) is 26.1. The van der Waals surface area contributed by atoms with Crippen LogP contribution in [-0.4, -0.2) is 30.8 Å². The van der Waals surface area contributed by atoms with E-state index in [9.17, 15) is 0 Å². The van der Waals surface area contributed by atoms with Crippen LogP contribution in [0.4, 0.5) is 0 Å². The Balaban J connectivity index is 2.07. The Morgan fingerprint density at radius 3 is 3.00 bits per heavy atom. The molecule has 0 spiro atoms. The average molecular weight is 234 g/mol. The summed E-state index contributed by atoms with van der Waals surface area (Å²) in [5, 5.41) is 3.39. The van der Waals surface area contributed by atoms with E-state index in [4.69, 9.17) is 4.74 Å². The molecule has 0 saturated carbocycles. The Bertz CT molecular complexity index is 367. The van der Waals surface area contributed by atoms with Gasteiger partial charge in [0.1, 0.15) is 0 Å². The molecule has 0 amide bonds. The Labute approximate surface area is 104 Å². The lowest BCUT2D eigenvalue weighted by Gasteiger charge is -2.26. The van der Waals surface area contributed by atoms with Gasteiger partial charge < -0.3 is 10.1 Å². The molecule has 1 aromatic heterocycles. The van der Waals surface area contributed by atoms with Crippen LogP contribution in [0.2, 0.25) is 0 Å². The molecule has 1 fully saturated rings. The van der Waals surface area contributed by atoms with Crippen molar-refractivity contribution >= 4 is 0 Å². The molecule has 1 aliphatic heterocycles. The molecule has 0 bridgehead atoms. The van der Waals surface area contributed by atoms with Crippen LogP contribution in [0.3, 0.4) is 0 Å². The molecule has 2 heterocycles. The molecule has 0 aliphatic carbocycles. The van der Waals surface area contributed by atoms with Gasteiger partial charge in [-0.05, 0) is 37.9 Å². The van der Waals surface area contributed by atoms with Crippen LogP contribution in [0.25, 0.3) is 0 Å². The third kappa shape index (κ3) is 2.85. The van der Waals surface area contributed by atoms with Crippen LogP contribution in [-0.2, 0) is 11.2 Å². The quantitative estimate of drug-likeness (QED) is 0.864. The van der Waals surface area contributed by atoms with Crippen LogP contribution < -0.4 is 5.32 Å². The van der Waals surface area contributed by atoms with Gasteiger partial charge in [0.25, 0.3) is 0 Å². The molecular weight excluding hydrogens is 212 g/mol. The summed E-state index contributed by atoms with van der Waals surface area (Å²) in [6.07, 6.45) is 4.30. The monoisotopic (exact) mass is 234 g/mol. The van der Waals surface area contributed by atoms with Gasteiger partial charge in [0.2, 0.25) is 0 Å². The minimum absolute atomic E-state index is 0.321. The zero-order valence-electron chi connectivity index (χ0n) is 10.9. The van der Waals surface area contributed by atoms with Crippen LogP contribution in [0.15, 0.2) is 18.3 Å². The second-order valence-corrected chi connectivity index (χ2v) is 4.97. The molecule has 1 saturated heterocycles. The van der Waals surface area contributed by atoms with Gasteiger partial charge in [0, 0.05) is 31.0 Å². The zero-order valence-corrected chi connectivity index (χ0v) is 10.9. The summed E-state index contributed by atoms with van der Waals surface area (Å²) in [4.78, 5) is 4.47. The van der Waals surface area contributed by atoms with Gasteiger partial charge >= 0.3 is 0 Å². The molecule has 3 unspecified atom stereocenters. The third-order valence-electron chi connectivity index (χ3n) is 3.74. The van der Waals surface area contributed by atoms with E-state index in [1.165, 1.54) is 17.7 Å². The van der Waals surface area contributed by atoms with Gasteiger partial charge in [-0.15, -0.1) is 0 Å². The van der Waals surface area contributed by atoms with Crippen molar-refractivity contribution in [3.63, 3.8) is 0 Å². The number of nitrogens with zero attached hydrogens (tertiary/aromatic N) is 1. The van der Waals surface area contributed by atoms with E-state index in [2.05, 4.69) is 30.2 Å². The van der Waals surface area contributed by atoms with E-state index < -0.39 is 0 Å². The predicted molar refractivity (Wildman–Crippen MR) is 69.0 cm³/mol. The maximum atomic E-state index is 5.84. The van der Waals surface area contributed by atoms with Crippen molar-refractivity contribution in [3.8, 4) is 0 Å². The van der Waals surface area contributed by atoms with Gasteiger partial charge in [-0.3, -0.25) is 4.98 Å². The predicted octanol–water partition coefficient (Wildman–Crippen LogP) is 1.95. The second kappa shape index (κ2) is 5.61. The SMILES string of the molecule is CNC(Cc1ncccc1C)C1OCCC1C. The highest BCUT2D eigenvalue weighted by atomic mass is 16.5. The van der Waals surface area contributed by atoms with Gasteiger partial charge in [0.05, 0.1) is 6.10 Å². The largest absolute Gasteiger partial charge is 0.376 e. The fourth-order valence-corrected chi connectivity index (χ4v) is 2.55. The highest BCUT2D eigenvalue weighted by molar-refractivity contribution is 5.19. The van der Waals surface area contributed by atoms with Crippen molar-refractivity contribution in [3.05, 3.63) is 29.6 Å². The van der Waals surface area contributed by atoms with Gasteiger partial charge in [-0.1, -0.05) is 13.0 Å². The molecule has 3 atom stereocenters. The maximum absolute atomic E-state index is 5.84. The fourth-order valence-electron chi connectivity index (χ4n) is 2.55. The second-order valence-electron chi connectivity index (χ2n) is 4.97. The molecule has 1 aromatic rings. The molecule has 0 radical (unpaired) electrons. The lowest BCUT2D eigenvalue weighted by atomic mass is 9.93. The number of pyridine rings is 1. The molecule has 0 aromatic carbocycles. The van der Waals surface area contributed by atoms with E-state index >= 15 is 0 Å². The molecule has 3 heteroatoms. The third-order valence-corrected chi connectivity index (χ3v) is 3.74. The van der Waals surface area contributed by atoms with Crippen molar-refractivity contribution in [1.29, 1.82) is 0 Å². The fraction of sp³-hybridized carbons (Fsp3) is 0.643. The first kappa shape index (κ1) is 12.5. The maximum Gasteiger partial charge on any atom is 0.0758 e. The number of likely N-dealkylation sites (N-methyl/N-ethyl adjacent to an activating group) is 1. The minimum Gasteiger partial charge on any atom is -0.376 e. The lowest BCUT2D eigenvalue weighted by Crippen LogP contribution is -2.42. The number of aryl methyl sites for hydroxylation is 1. The number of rotatable bonds is 4. The van der Waals surface area contributed by atoms with Crippen molar-refractivity contribution < 1.29 is 4.74 Å². The molecule has 1 aliphatic rings. The summed E-state index contributed by atoms with van der Waals surface area (Å²) >= 11 is 0. The minimum atomic E-state index is 0.321. The van der Waals surface area contributed by atoms with E-state index in [1.807, 2.05) is 19.3 Å². The van der Waals surface area contributed by atoms with Crippen LogP contribution in [0.5, 0.6) is 0 Å². The topological polar surface area (TPSA) is 34.2 Å². The first-order chi connectivity index (χ1) is 8.22. The van der Waals surface area contributed by atoms with Crippen LogP contribution in [0.1, 0.15) is 24.6 Å². The molecule has 17 heavy (non-hydrogen) atoms. The number of ether oxygens (including phenoxy) is 1. The lowest BCUT2D eigenvalue weighted by molar-refractivity contribution is 0.0631. The van der Waals surface area contributed by atoms with Gasteiger partial charge in [0.15, 0.2) is 0 Å². The zero-order chi connectivity index (χ0) is 12.3. The van der Waals surface area contributed by atoms with Crippen molar-refractivity contribution in [1.82, 2.24) is 10.3 Å². The standard InChI is InChI=1S/C14H22N2O/c1-10-5-4-7-16-12(10)9-13(15-3)14-11(2)6-8-17-14/h4-5,7,11,13-15H,6,8-9H2,1-3H3. The summed E-state index contributed by atoms with van der Waals surface area (Å²) in [5.74, 6) is 0.636. The van der Waals surface area contributed by atoms with Crippen molar-refractivity contribution in [2.75, 3.05) is 13.7 Å². The number of aromatic nitrogens is 1. The molecule has 1 N–H and O–H groups in total. The van der Waals surface area contributed by atoms with Crippen LogP contribution in [0, 0.1) is 12.8 Å². The Morgan fingerprint density at radius 1 is 1.59 bits per heavy atom. The first-order valence-corrected chi connectivity index (χ1v) is 6.41. The van der Waals surface area contributed by atoms with Crippen LogP contribution >= 0.6 is 0 Å². The summed E-state index contributed by atoms with van der Waals surface area (Å²) in [5.41, 5.74) is 2.44. The number of hydrogen-bond acceptors (Lipinski definition) is 3. The average Bonchev–Trinajstić information content (AvgIpc) is 2.75. The molecular formula is C14H22N2O. The van der Waals surface area contributed by atoms with E-state index in [0.717, 1.165) is 13.0 Å². The first-order valence-electron chi connectivity index (χ1n) is 6.41. The molecule has 2 rings (SSSR count).